The molecular formula is C49H91NO5. The molecule has 0 spiro atoms. The number of aliphatic hydroxyl groups excluding tert-OH is 2. The largest absolute Gasteiger partial charge is 0.462 e. The smallest absolute Gasteiger partial charge is 0.306 e. The number of aliphatic hydroxyl groups is 2. The number of hydrogen-bond donors (Lipinski definition) is 3. The molecule has 3 atom stereocenters. The molecule has 0 saturated heterocycles. The summed E-state index contributed by atoms with van der Waals surface area (Å²) in [5, 5.41) is 23.6. The molecule has 0 aromatic carbocycles. The molecule has 6 heteroatoms. The number of unbranched alkanes of at least 4 members (excludes halogenated alkanes) is 24. The average molecular weight is 774 g/mol. The van der Waals surface area contributed by atoms with Crippen molar-refractivity contribution in [2.75, 3.05) is 6.61 Å². The monoisotopic (exact) mass is 774 g/mol. The van der Waals surface area contributed by atoms with E-state index in [0.717, 1.165) is 83.5 Å². The third kappa shape index (κ3) is 38.7. The molecule has 0 aliphatic rings. The van der Waals surface area contributed by atoms with Gasteiger partial charge >= 0.3 is 5.97 Å². The van der Waals surface area contributed by atoms with Crippen molar-refractivity contribution in [3.05, 3.63) is 36.5 Å². The summed E-state index contributed by atoms with van der Waals surface area (Å²) in [6, 6.07) is -0.705. The molecule has 0 aromatic heterocycles. The molecule has 0 aromatic rings. The van der Waals surface area contributed by atoms with Crippen LogP contribution in [0.25, 0.3) is 0 Å². The summed E-state index contributed by atoms with van der Waals surface area (Å²) in [6.45, 7) is 6.35. The standard InChI is InChI=1S/C49H91NO5/c1-4-7-10-13-16-19-22-24-27-30-33-36-39-42-49(54)55-45(40-37-34-31-28-26-23-20-17-14-11-8-5-2)43-48(53)50-46(44-51)47(52)41-38-35-32-29-25-21-18-15-12-9-6-3/h8,11,17,20,24,27,45-47,51-52H,4-7,9-10,12-16,18-19,21-23,25-26,28-44H2,1-3H3,(H,50,53)/b11-8+,20-17+,27-24-. The Kier molecular flexibility index (Phi) is 41.7. The van der Waals surface area contributed by atoms with Gasteiger partial charge in [0.2, 0.25) is 5.91 Å². The Labute approximate surface area is 341 Å². The number of hydrogen-bond acceptors (Lipinski definition) is 5. The van der Waals surface area contributed by atoms with E-state index in [9.17, 15) is 19.8 Å². The van der Waals surface area contributed by atoms with Gasteiger partial charge in [0.15, 0.2) is 0 Å². The molecule has 322 valence electrons. The first-order valence-electron chi connectivity index (χ1n) is 23.7. The lowest BCUT2D eigenvalue weighted by molar-refractivity contribution is -0.151. The fourth-order valence-corrected chi connectivity index (χ4v) is 7.11. The van der Waals surface area contributed by atoms with Crippen LogP contribution in [0.2, 0.25) is 0 Å². The van der Waals surface area contributed by atoms with E-state index >= 15 is 0 Å². The fourth-order valence-electron chi connectivity index (χ4n) is 7.11. The Morgan fingerprint density at radius 3 is 1.49 bits per heavy atom. The van der Waals surface area contributed by atoms with Crippen molar-refractivity contribution in [1.82, 2.24) is 5.32 Å². The predicted molar refractivity (Wildman–Crippen MR) is 236 cm³/mol. The number of amides is 1. The minimum atomic E-state index is -0.790. The van der Waals surface area contributed by atoms with Crippen molar-refractivity contribution in [3.63, 3.8) is 0 Å². The number of ether oxygens (including phenoxy) is 1. The van der Waals surface area contributed by atoms with E-state index in [0.29, 0.717) is 19.3 Å². The van der Waals surface area contributed by atoms with Crippen LogP contribution < -0.4 is 5.32 Å². The highest BCUT2D eigenvalue weighted by Gasteiger charge is 2.24. The van der Waals surface area contributed by atoms with Crippen molar-refractivity contribution in [2.24, 2.45) is 0 Å². The van der Waals surface area contributed by atoms with Crippen LogP contribution in [0, 0.1) is 0 Å². The normalized spacial score (nSPS) is 13.6. The highest BCUT2D eigenvalue weighted by Crippen LogP contribution is 2.17. The maximum atomic E-state index is 13.1. The highest BCUT2D eigenvalue weighted by molar-refractivity contribution is 5.77. The quantitative estimate of drug-likeness (QED) is 0.0326. The summed E-state index contributed by atoms with van der Waals surface area (Å²) in [5.41, 5.74) is 0. The van der Waals surface area contributed by atoms with Gasteiger partial charge < -0.3 is 20.3 Å². The van der Waals surface area contributed by atoms with Gasteiger partial charge in [-0.3, -0.25) is 9.59 Å². The van der Waals surface area contributed by atoms with Gasteiger partial charge in [0.05, 0.1) is 25.2 Å². The third-order valence-electron chi connectivity index (χ3n) is 10.7. The van der Waals surface area contributed by atoms with Crippen molar-refractivity contribution in [3.8, 4) is 0 Å². The van der Waals surface area contributed by atoms with Gasteiger partial charge in [-0.25, -0.2) is 0 Å². The van der Waals surface area contributed by atoms with Crippen LogP contribution in [0.3, 0.4) is 0 Å². The lowest BCUT2D eigenvalue weighted by Gasteiger charge is -2.24. The second-order valence-electron chi connectivity index (χ2n) is 16.1. The van der Waals surface area contributed by atoms with Crippen molar-refractivity contribution in [2.45, 2.75) is 257 Å². The number of rotatable bonds is 42. The van der Waals surface area contributed by atoms with Gasteiger partial charge in [0, 0.05) is 6.42 Å². The molecule has 1 amide bonds. The molecule has 3 N–H and O–H groups in total. The van der Waals surface area contributed by atoms with Crippen LogP contribution in [0.15, 0.2) is 36.5 Å². The summed E-state index contributed by atoms with van der Waals surface area (Å²) in [4.78, 5) is 26.0. The van der Waals surface area contributed by atoms with E-state index < -0.39 is 18.2 Å². The topological polar surface area (TPSA) is 95.9 Å². The van der Waals surface area contributed by atoms with Crippen LogP contribution in [-0.2, 0) is 14.3 Å². The van der Waals surface area contributed by atoms with Gasteiger partial charge in [0.1, 0.15) is 6.10 Å². The number of carbonyl (C=O) groups excluding carboxylic acids is 2. The molecule has 0 radical (unpaired) electrons. The second-order valence-corrected chi connectivity index (χ2v) is 16.1. The second kappa shape index (κ2) is 43.2. The molecule has 0 fully saturated rings. The highest BCUT2D eigenvalue weighted by atomic mass is 16.5. The Hall–Kier alpha value is -1.92. The molecule has 0 heterocycles. The number of esters is 1. The van der Waals surface area contributed by atoms with E-state index in [2.05, 4.69) is 62.5 Å². The first-order valence-corrected chi connectivity index (χ1v) is 23.7. The minimum Gasteiger partial charge on any atom is -0.462 e. The molecule has 55 heavy (non-hydrogen) atoms. The maximum Gasteiger partial charge on any atom is 0.306 e. The van der Waals surface area contributed by atoms with E-state index in [1.165, 1.54) is 109 Å². The van der Waals surface area contributed by atoms with Gasteiger partial charge in [-0.15, -0.1) is 0 Å². The Morgan fingerprint density at radius 2 is 0.982 bits per heavy atom. The van der Waals surface area contributed by atoms with E-state index in [1.807, 2.05) is 0 Å². The zero-order valence-electron chi connectivity index (χ0n) is 36.6. The van der Waals surface area contributed by atoms with E-state index in [4.69, 9.17) is 4.74 Å². The van der Waals surface area contributed by atoms with Crippen LogP contribution in [-0.4, -0.2) is 46.9 Å². The van der Waals surface area contributed by atoms with Crippen LogP contribution in [0.1, 0.15) is 239 Å². The summed E-state index contributed by atoms with van der Waals surface area (Å²) in [5.74, 6) is -0.504. The first-order chi connectivity index (χ1) is 27.0. The molecular weight excluding hydrogens is 683 g/mol. The van der Waals surface area contributed by atoms with Crippen molar-refractivity contribution >= 4 is 11.9 Å². The minimum absolute atomic E-state index is 0.0636. The Balaban J connectivity index is 4.62. The van der Waals surface area contributed by atoms with Gasteiger partial charge in [-0.05, 0) is 77.0 Å². The summed E-state index contributed by atoms with van der Waals surface area (Å²) in [7, 11) is 0. The zero-order chi connectivity index (χ0) is 40.3. The third-order valence-corrected chi connectivity index (χ3v) is 10.7. The number of carbonyl (C=O) groups is 2. The van der Waals surface area contributed by atoms with Gasteiger partial charge in [-0.1, -0.05) is 186 Å². The molecule has 0 saturated carbocycles. The van der Waals surface area contributed by atoms with Gasteiger partial charge in [-0.2, -0.15) is 0 Å². The van der Waals surface area contributed by atoms with E-state index in [-0.39, 0.29) is 24.9 Å². The molecule has 3 unspecified atom stereocenters. The SMILES string of the molecule is CC/C=C/C/C=C/CCCCCCCC(CC(=O)NC(CO)C(O)CCCCCCCCCCCCC)OC(=O)CCCCC/C=C\CCCCCCCC. The molecule has 0 aliphatic heterocycles. The summed E-state index contributed by atoms with van der Waals surface area (Å²) < 4.78 is 5.89. The summed E-state index contributed by atoms with van der Waals surface area (Å²) >= 11 is 0. The fraction of sp³-hybridized carbons (Fsp3) is 0.837. The molecule has 0 aliphatic carbocycles. The average Bonchev–Trinajstić information content (AvgIpc) is 3.18. The number of allylic oxidation sites excluding steroid dienone is 6. The summed E-state index contributed by atoms with van der Waals surface area (Å²) in [6.07, 6.45) is 49.2. The molecule has 0 rings (SSSR count). The predicted octanol–water partition coefficient (Wildman–Crippen LogP) is 13.7. The Bertz CT molecular complexity index is 915. The van der Waals surface area contributed by atoms with Crippen LogP contribution >= 0.6 is 0 Å². The zero-order valence-corrected chi connectivity index (χ0v) is 36.6. The lowest BCUT2D eigenvalue weighted by atomic mass is 10.0. The van der Waals surface area contributed by atoms with E-state index in [1.54, 1.807) is 0 Å². The lowest BCUT2D eigenvalue weighted by Crippen LogP contribution is -2.46. The Morgan fingerprint density at radius 1 is 0.545 bits per heavy atom. The van der Waals surface area contributed by atoms with Crippen LogP contribution in [0.4, 0.5) is 0 Å². The maximum absolute atomic E-state index is 13.1. The van der Waals surface area contributed by atoms with Crippen molar-refractivity contribution < 1.29 is 24.5 Å². The van der Waals surface area contributed by atoms with Crippen molar-refractivity contribution in [1.29, 1.82) is 0 Å². The number of nitrogens with one attached hydrogen (secondary N) is 1. The van der Waals surface area contributed by atoms with Gasteiger partial charge in [0.25, 0.3) is 0 Å². The first kappa shape index (κ1) is 53.1. The van der Waals surface area contributed by atoms with Crippen LogP contribution in [0.5, 0.6) is 0 Å². The molecule has 0 bridgehead atoms. The molecule has 6 nitrogen and oxygen atoms in total.